The van der Waals surface area contributed by atoms with Crippen LogP contribution in [0.5, 0.6) is 5.88 Å². The molecule has 0 aliphatic carbocycles. The number of aryl methyl sites for hydroxylation is 1. The van der Waals surface area contributed by atoms with Crippen LogP contribution in [0.1, 0.15) is 5.82 Å². The zero-order valence-electron chi connectivity index (χ0n) is 10.2. The highest BCUT2D eigenvalue weighted by Gasteiger charge is 2.34. The Morgan fingerprint density at radius 2 is 2.33 bits per heavy atom. The Kier molecular flexibility index (Phi) is 3.61. The normalized spacial score (nSPS) is 22.8. The summed E-state index contributed by atoms with van der Waals surface area (Å²) in [6.45, 7) is 2.31. The van der Waals surface area contributed by atoms with Gasteiger partial charge >= 0.3 is 5.97 Å². The summed E-state index contributed by atoms with van der Waals surface area (Å²) < 4.78 is 10.2. The lowest BCUT2D eigenvalue weighted by atomic mass is 10.0. The maximum absolute atomic E-state index is 11.0. The van der Waals surface area contributed by atoms with E-state index in [1.807, 2.05) is 0 Å². The van der Waals surface area contributed by atoms with Crippen LogP contribution in [0, 0.1) is 12.8 Å². The maximum Gasteiger partial charge on any atom is 0.311 e. The van der Waals surface area contributed by atoms with Gasteiger partial charge in [0, 0.05) is 6.07 Å². The molecule has 18 heavy (non-hydrogen) atoms. The Balaban J connectivity index is 2.13. The first kappa shape index (κ1) is 12.6. The molecule has 98 valence electrons. The zero-order valence-corrected chi connectivity index (χ0v) is 10.2. The van der Waals surface area contributed by atoms with Gasteiger partial charge < -0.3 is 19.9 Å². The summed E-state index contributed by atoms with van der Waals surface area (Å²) in [7, 11) is 1.52. The topological polar surface area (TPSA) is 93.6 Å². The van der Waals surface area contributed by atoms with Crippen LogP contribution in [0.25, 0.3) is 0 Å². The predicted molar refractivity (Wildman–Crippen MR) is 62.7 cm³/mol. The lowest BCUT2D eigenvalue weighted by Gasteiger charge is -2.16. The number of hydrogen-bond donors (Lipinski definition) is 2. The fourth-order valence-electron chi connectivity index (χ4n) is 1.85. The van der Waals surface area contributed by atoms with E-state index in [1.165, 1.54) is 7.11 Å². The number of nitrogens with zero attached hydrogens (tertiary/aromatic N) is 2. The Morgan fingerprint density at radius 3 is 3.00 bits per heavy atom. The van der Waals surface area contributed by atoms with Crippen molar-refractivity contribution < 1.29 is 19.4 Å². The third-order valence-electron chi connectivity index (χ3n) is 2.75. The first-order valence-corrected chi connectivity index (χ1v) is 5.57. The molecule has 1 aliphatic rings. The second-order valence-corrected chi connectivity index (χ2v) is 4.08. The van der Waals surface area contributed by atoms with Gasteiger partial charge in [-0.25, -0.2) is 4.98 Å². The summed E-state index contributed by atoms with van der Waals surface area (Å²) in [4.78, 5) is 19.3. The second-order valence-electron chi connectivity index (χ2n) is 4.08. The van der Waals surface area contributed by atoms with Crippen molar-refractivity contribution in [1.82, 2.24) is 9.97 Å². The van der Waals surface area contributed by atoms with Gasteiger partial charge in [-0.05, 0) is 6.92 Å². The molecule has 0 radical (unpaired) electrons. The second kappa shape index (κ2) is 5.18. The zero-order chi connectivity index (χ0) is 13.1. The fourth-order valence-corrected chi connectivity index (χ4v) is 1.85. The van der Waals surface area contributed by atoms with Gasteiger partial charge in [-0.3, -0.25) is 4.79 Å². The predicted octanol–water partition coefficient (Wildman–Crippen LogP) is 0.305. The SMILES string of the molecule is COc1cc(NC2COCC2C(=O)O)nc(C)n1. The molecule has 2 heterocycles. The highest BCUT2D eigenvalue weighted by Crippen LogP contribution is 2.20. The number of anilines is 1. The molecule has 2 atom stereocenters. The number of hydrogen-bond acceptors (Lipinski definition) is 6. The minimum Gasteiger partial charge on any atom is -0.481 e. The number of methoxy groups -OCH3 is 1. The number of aliphatic carboxylic acids is 1. The van der Waals surface area contributed by atoms with E-state index in [1.54, 1.807) is 13.0 Å². The molecule has 7 nitrogen and oxygen atoms in total. The van der Waals surface area contributed by atoms with Crippen molar-refractivity contribution in [3.8, 4) is 5.88 Å². The van der Waals surface area contributed by atoms with Gasteiger partial charge in [-0.1, -0.05) is 0 Å². The Labute approximate surface area is 104 Å². The highest BCUT2D eigenvalue weighted by molar-refractivity contribution is 5.72. The van der Waals surface area contributed by atoms with Gasteiger partial charge in [0.2, 0.25) is 5.88 Å². The summed E-state index contributed by atoms with van der Waals surface area (Å²) in [6, 6.07) is 1.34. The fraction of sp³-hybridized carbons (Fsp3) is 0.545. The third kappa shape index (κ3) is 2.67. The minimum atomic E-state index is -0.872. The van der Waals surface area contributed by atoms with Crippen molar-refractivity contribution in [2.24, 2.45) is 5.92 Å². The Hall–Kier alpha value is -1.89. The highest BCUT2D eigenvalue weighted by atomic mass is 16.5. The Morgan fingerprint density at radius 1 is 1.56 bits per heavy atom. The first-order valence-electron chi connectivity index (χ1n) is 5.57. The molecule has 0 amide bonds. The van der Waals surface area contributed by atoms with E-state index < -0.39 is 11.9 Å². The van der Waals surface area contributed by atoms with Gasteiger partial charge in [-0.2, -0.15) is 4.98 Å². The van der Waals surface area contributed by atoms with E-state index in [2.05, 4.69) is 15.3 Å². The monoisotopic (exact) mass is 253 g/mol. The molecule has 1 saturated heterocycles. The lowest BCUT2D eigenvalue weighted by Crippen LogP contribution is -2.33. The molecule has 0 spiro atoms. The summed E-state index contributed by atoms with van der Waals surface area (Å²) in [5.41, 5.74) is 0. The molecule has 0 saturated carbocycles. The van der Waals surface area contributed by atoms with Gasteiger partial charge in [0.05, 0.1) is 26.4 Å². The van der Waals surface area contributed by atoms with E-state index in [9.17, 15) is 4.79 Å². The molecule has 0 bridgehead atoms. The molecule has 2 unspecified atom stereocenters. The number of aromatic nitrogens is 2. The van der Waals surface area contributed by atoms with Crippen LogP contribution in [0.15, 0.2) is 6.07 Å². The Bertz CT molecular complexity index is 452. The molecule has 0 aromatic carbocycles. The minimum absolute atomic E-state index is 0.216. The number of rotatable bonds is 4. The summed E-state index contributed by atoms with van der Waals surface area (Å²) in [5, 5.41) is 12.1. The van der Waals surface area contributed by atoms with E-state index >= 15 is 0 Å². The van der Waals surface area contributed by atoms with Crippen molar-refractivity contribution in [1.29, 1.82) is 0 Å². The van der Waals surface area contributed by atoms with Crippen LogP contribution in [0.4, 0.5) is 5.82 Å². The molecule has 1 fully saturated rings. The lowest BCUT2D eigenvalue weighted by molar-refractivity contribution is -0.141. The number of carboxylic acid groups (broad SMARTS) is 1. The standard InChI is InChI=1S/C11H15N3O4/c1-6-12-9(3-10(13-6)17-2)14-8-5-18-4-7(8)11(15)16/h3,7-8H,4-5H2,1-2H3,(H,15,16)(H,12,13,14). The summed E-state index contributed by atoms with van der Waals surface area (Å²) in [5.74, 6) is 0.105. The average Bonchev–Trinajstić information content (AvgIpc) is 2.76. The average molecular weight is 253 g/mol. The molecular formula is C11H15N3O4. The quantitative estimate of drug-likeness (QED) is 0.797. The molecule has 2 N–H and O–H groups in total. The smallest absolute Gasteiger partial charge is 0.311 e. The van der Waals surface area contributed by atoms with E-state index in [-0.39, 0.29) is 12.6 Å². The molecule has 1 aromatic rings. The van der Waals surface area contributed by atoms with E-state index in [0.29, 0.717) is 24.1 Å². The molecule has 1 aliphatic heterocycles. The maximum atomic E-state index is 11.0. The molecule has 2 rings (SSSR count). The van der Waals surface area contributed by atoms with Crippen molar-refractivity contribution >= 4 is 11.8 Å². The van der Waals surface area contributed by atoms with Gasteiger partial charge in [-0.15, -0.1) is 0 Å². The van der Waals surface area contributed by atoms with Crippen LogP contribution in [0.2, 0.25) is 0 Å². The molecule has 1 aromatic heterocycles. The molecular weight excluding hydrogens is 238 g/mol. The van der Waals surface area contributed by atoms with Gasteiger partial charge in [0.25, 0.3) is 0 Å². The van der Waals surface area contributed by atoms with Gasteiger partial charge in [0.15, 0.2) is 0 Å². The van der Waals surface area contributed by atoms with Crippen molar-refractivity contribution in [3.05, 3.63) is 11.9 Å². The van der Waals surface area contributed by atoms with Crippen molar-refractivity contribution in [2.45, 2.75) is 13.0 Å². The number of carboxylic acids is 1. The van der Waals surface area contributed by atoms with Crippen LogP contribution in [0.3, 0.4) is 0 Å². The van der Waals surface area contributed by atoms with Crippen LogP contribution in [-0.4, -0.2) is 47.4 Å². The van der Waals surface area contributed by atoms with E-state index in [4.69, 9.17) is 14.6 Å². The first-order chi connectivity index (χ1) is 8.60. The third-order valence-corrected chi connectivity index (χ3v) is 2.75. The number of ether oxygens (including phenoxy) is 2. The van der Waals surface area contributed by atoms with Crippen LogP contribution < -0.4 is 10.1 Å². The largest absolute Gasteiger partial charge is 0.481 e. The van der Waals surface area contributed by atoms with Crippen molar-refractivity contribution in [3.63, 3.8) is 0 Å². The van der Waals surface area contributed by atoms with E-state index in [0.717, 1.165) is 0 Å². The number of carbonyl (C=O) groups is 1. The van der Waals surface area contributed by atoms with Crippen LogP contribution >= 0.6 is 0 Å². The number of nitrogens with one attached hydrogen (secondary N) is 1. The summed E-state index contributed by atoms with van der Waals surface area (Å²) in [6.07, 6.45) is 0. The molecule has 7 heteroatoms. The van der Waals surface area contributed by atoms with Crippen molar-refractivity contribution in [2.75, 3.05) is 25.6 Å². The van der Waals surface area contributed by atoms with Crippen LogP contribution in [-0.2, 0) is 9.53 Å². The summed E-state index contributed by atoms with van der Waals surface area (Å²) >= 11 is 0. The van der Waals surface area contributed by atoms with Gasteiger partial charge in [0.1, 0.15) is 17.6 Å².